The van der Waals surface area contributed by atoms with E-state index < -0.39 is 6.04 Å². The Morgan fingerprint density at radius 3 is 2.28 bits per heavy atom. The van der Waals surface area contributed by atoms with E-state index >= 15 is 0 Å². The summed E-state index contributed by atoms with van der Waals surface area (Å²) in [7, 11) is 0. The van der Waals surface area contributed by atoms with Crippen molar-refractivity contribution < 1.29 is 14.4 Å². The summed E-state index contributed by atoms with van der Waals surface area (Å²) in [6.45, 7) is 3.47. The van der Waals surface area contributed by atoms with Gasteiger partial charge in [-0.1, -0.05) is 60.2 Å². The molecule has 1 aliphatic heterocycles. The van der Waals surface area contributed by atoms with E-state index in [9.17, 15) is 14.4 Å². The highest BCUT2D eigenvalue weighted by Gasteiger charge is 2.29. The largest absolute Gasteiger partial charge is 0.352 e. The molecule has 1 saturated carbocycles. The Bertz CT molecular complexity index is 956. The zero-order chi connectivity index (χ0) is 25.8. The van der Waals surface area contributed by atoms with E-state index in [1.807, 2.05) is 6.07 Å². The topological polar surface area (TPSA) is 105 Å². The smallest absolute Gasteiger partial charge is 0.245 e. The van der Waals surface area contributed by atoms with Crippen molar-refractivity contribution in [3.63, 3.8) is 0 Å². The van der Waals surface area contributed by atoms with Crippen LogP contribution in [-0.2, 0) is 14.4 Å². The fourth-order valence-corrected chi connectivity index (χ4v) is 4.86. The van der Waals surface area contributed by atoms with Crippen LogP contribution in [0.15, 0.2) is 54.6 Å². The molecular formula is C29H40N4O3. The highest BCUT2D eigenvalue weighted by Crippen LogP contribution is 2.23. The third kappa shape index (κ3) is 8.48. The summed E-state index contributed by atoms with van der Waals surface area (Å²) in [5.74, 6) is 0.309. The van der Waals surface area contributed by atoms with Crippen LogP contribution in [0.25, 0.3) is 11.1 Å². The molecule has 1 saturated heterocycles. The number of carbonyl (C=O) groups excluding carboxylic acids is 3. The molecule has 36 heavy (non-hydrogen) atoms. The molecule has 1 atom stereocenters. The zero-order valence-corrected chi connectivity index (χ0v) is 21.3. The Labute approximate surface area is 214 Å². The minimum Gasteiger partial charge on any atom is -0.352 e. The average molecular weight is 493 g/mol. The summed E-state index contributed by atoms with van der Waals surface area (Å²) in [5, 5.41) is 5.59. The van der Waals surface area contributed by atoms with Crippen molar-refractivity contribution in [3.8, 4) is 11.1 Å². The number of benzene rings is 2. The molecule has 4 rings (SSSR count). The Hall–Kier alpha value is -3.19. The summed E-state index contributed by atoms with van der Waals surface area (Å²) in [6.07, 6.45) is 6.94. The molecule has 2 aliphatic rings. The molecule has 3 amide bonds. The van der Waals surface area contributed by atoms with Crippen LogP contribution in [0.3, 0.4) is 0 Å². The highest BCUT2D eigenvalue weighted by molar-refractivity contribution is 5.88. The minimum atomic E-state index is -0.497. The molecule has 0 radical (unpaired) electrons. The van der Waals surface area contributed by atoms with Crippen LogP contribution in [0, 0.1) is 12.8 Å². The fraction of sp³-hybridized carbons (Fsp3) is 0.483. The maximum absolute atomic E-state index is 12.4. The van der Waals surface area contributed by atoms with Gasteiger partial charge in [-0.2, -0.15) is 0 Å². The fourth-order valence-electron chi connectivity index (χ4n) is 4.86. The summed E-state index contributed by atoms with van der Waals surface area (Å²) in [6, 6.07) is 18.7. The highest BCUT2D eigenvalue weighted by atomic mass is 16.2. The molecule has 1 heterocycles. The van der Waals surface area contributed by atoms with Gasteiger partial charge in [0.05, 0.1) is 6.54 Å². The van der Waals surface area contributed by atoms with Crippen molar-refractivity contribution in [2.75, 3.05) is 19.6 Å². The molecule has 2 aromatic rings. The first-order valence-corrected chi connectivity index (χ1v) is 13.1. The van der Waals surface area contributed by atoms with Crippen LogP contribution in [-0.4, -0.2) is 54.8 Å². The van der Waals surface area contributed by atoms with Crippen LogP contribution in [0.4, 0.5) is 0 Å². The van der Waals surface area contributed by atoms with Gasteiger partial charge >= 0.3 is 0 Å². The third-order valence-electron chi connectivity index (χ3n) is 7.09. The van der Waals surface area contributed by atoms with E-state index in [4.69, 9.17) is 5.73 Å². The molecule has 7 nitrogen and oxygen atoms in total. The van der Waals surface area contributed by atoms with Crippen molar-refractivity contribution in [1.29, 1.82) is 0 Å². The lowest BCUT2D eigenvalue weighted by Crippen LogP contribution is -2.50. The summed E-state index contributed by atoms with van der Waals surface area (Å²) >= 11 is 0. The number of likely N-dealkylation sites (tertiary alicyclic amines) is 1. The van der Waals surface area contributed by atoms with E-state index in [1.165, 1.54) is 16.7 Å². The first-order chi connectivity index (χ1) is 17.5. The number of nitrogens with one attached hydrogen (secondary N) is 2. The van der Waals surface area contributed by atoms with Gasteiger partial charge in [-0.25, -0.2) is 0 Å². The Kier molecular flexibility index (Phi) is 11.0. The Balaban J connectivity index is 0.000000233. The molecule has 194 valence electrons. The maximum atomic E-state index is 12.4. The van der Waals surface area contributed by atoms with Crippen LogP contribution in [0.5, 0.6) is 0 Å². The number of rotatable bonds is 7. The minimum absolute atomic E-state index is 0.0761. The monoisotopic (exact) mass is 492 g/mol. The van der Waals surface area contributed by atoms with Crippen molar-refractivity contribution in [2.45, 2.75) is 64.0 Å². The predicted octanol–water partition coefficient (Wildman–Crippen LogP) is 3.41. The molecule has 0 bridgehead atoms. The Morgan fingerprint density at radius 2 is 1.64 bits per heavy atom. The van der Waals surface area contributed by atoms with Gasteiger partial charge in [-0.3, -0.25) is 14.4 Å². The summed E-state index contributed by atoms with van der Waals surface area (Å²) in [4.78, 5) is 36.8. The SMILES string of the molecule is Cc1ccc(-c2ccccc2)cc1.NCC1CCC(NC(=O)CN2CCCCC(NC=O)C2=O)CC1. The van der Waals surface area contributed by atoms with Gasteiger partial charge in [0, 0.05) is 12.6 Å². The van der Waals surface area contributed by atoms with Crippen LogP contribution < -0.4 is 16.4 Å². The van der Waals surface area contributed by atoms with E-state index in [0.29, 0.717) is 31.8 Å². The first-order valence-electron chi connectivity index (χ1n) is 13.1. The lowest BCUT2D eigenvalue weighted by molar-refractivity contribution is -0.138. The number of nitrogens with two attached hydrogens (primary N) is 1. The second-order valence-corrected chi connectivity index (χ2v) is 9.85. The van der Waals surface area contributed by atoms with Crippen molar-refractivity contribution in [3.05, 3.63) is 60.2 Å². The van der Waals surface area contributed by atoms with E-state index in [2.05, 4.69) is 66.1 Å². The van der Waals surface area contributed by atoms with Crippen molar-refractivity contribution >= 4 is 18.2 Å². The number of aryl methyl sites for hydroxylation is 1. The van der Waals surface area contributed by atoms with Crippen molar-refractivity contribution in [2.24, 2.45) is 11.7 Å². The molecule has 7 heteroatoms. The molecule has 0 aromatic heterocycles. The normalized spacial score (nSPS) is 22.0. The van der Waals surface area contributed by atoms with E-state index in [-0.39, 0.29) is 24.4 Å². The number of hydrogen-bond acceptors (Lipinski definition) is 4. The summed E-state index contributed by atoms with van der Waals surface area (Å²) < 4.78 is 0. The number of amides is 3. The second-order valence-electron chi connectivity index (χ2n) is 9.85. The molecule has 2 aromatic carbocycles. The van der Waals surface area contributed by atoms with E-state index in [1.54, 1.807) is 4.90 Å². The Morgan fingerprint density at radius 1 is 0.972 bits per heavy atom. The van der Waals surface area contributed by atoms with Gasteiger partial charge in [0.1, 0.15) is 6.04 Å². The zero-order valence-electron chi connectivity index (χ0n) is 21.3. The standard InChI is InChI=1S/C16H28N4O3.C13H12/c17-9-12-4-6-13(7-5-12)19-15(22)10-20-8-2-1-3-14(16(20)23)18-11-21;1-11-7-9-13(10-8-11)12-5-3-2-4-6-12/h11-14H,1-10,17H2,(H,18,21)(H,19,22);2-10H,1H3. The molecule has 1 aliphatic carbocycles. The number of nitrogens with zero attached hydrogens (tertiary/aromatic N) is 1. The lowest BCUT2D eigenvalue weighted by Gasteiger charge is -2.29. The van der Waals surface area contributed by atoms with Gasteiger partial charge in [-0.15, -0.1) is 0 Å². The third-order valence-corrected chi connectivity index (χ3v) is 7.09. The number of carbonyl (C=O) groups is 3. The lowest BCUT2D eigenvalue weighted by atomic mass is 9.86. The number of hydrogen-bond donors (Lipinski definition) is 3. The second kappa shape index (κ2) is 14.4. The maximum Gasteiger partial charge on any atom is 0.245 e. The molecule has 1 unspecified atom stereocenters. The van der Waals surface area contributed by atoms with Gasteiger partial charge in [-0.05, 0) is 75.5 Å². The van der Waals surface area contributed by atoms with E-state index in [0.717, 1.165) is 38.5 Å². The van der Waals surface area contributed by atoms with Gasteiger partial charge in [0.2, 0.25) is 18.2 Å². The molecular weight excluding hydrogens is 452 g/mol. The summed E-state index contributed by atoms with van der Waals surface area (Å²) in [5.41, 5.74) is 9.55. The molecule has 2 fully saturated rings. The van der Waals surface area contributed by atoms with Gasteiger partial charge in [0.25, 0.3) is 0 Å². The van der Waals surface area contributed by atoms with Crippen LogP contribution in [0.2, 0.25) is 0 Å². The van der Waals surface area contributed by atoms with Crippen LogP contribution >= 0.6 is 0 Å². The molecule has 4 N–H and O–H groups in total. The average Bonchev–Trinajstić information content (AvgIpc) is 3.07. The quantitative estimate of drug-likeness (QED) is 0.515. The van der Waals surface area contributed by atoms with Crippen molar-refractivity contribution in [1.82, 2.24) is 15.5 Å². The van der Waals surface area contributed by atoms with Gasteiger partial charge < -0.3 is 21.3 Å². The van der Waals surface area contributed by atoms with Gasteiger partial charge in [0.15, 0.2) is 0 Å². The first kappa shape index (κ1) is 27.4. The predicted molar refractivity (Wildman–Crippen MR) is 143 cm³/mol. The molecule has 0 spiro atoms. The van der Waals surface area contributed by atoms with Crippen LogP contribution in [0.1, 0.15) is 50.5 Å².